The highest BCUT2D eigenvalue weighted by molar-refractivity contribution is 5.81. The lowest BCUT2D eigenvalue weighted by molar-refractivity contribution is -0.144. The summed E-state index contributed by atoms with van der Waals surface area (Å²) in [6.07, 6.45) is 7.26. The van der Waals surface area contributed by atoms with Gasteiger partial charge in [-0.1, -0.05) is 69.4 Å². The smallest absolute Gasteiger partial charge is 0.321 e. The first kappa shape index (κ1) is 19.1. The fraction of sp³-hybridized carbons (Fsp3) is 0.579. The van der Waals surface area contributed by atoms with E-state index < -0.39 is 5.92 Å². The van der Waals surface area contributed by atoms with Crippen molar-refractivity contribution in [3.8, 4) is 0 Å². The molecule has 0 bridgehead atoms. The van der Waals surface area contributed by atoms with Crippen molar-refractivity contribution in [2.24, 2.45) is 0 Å². The van der Waals surface area contributed by atoms with Crippen molar-refractivity contribution in [2.45, 2.75) is 64.8 Å². The number of benzene rings is 1. The Kier molecular flexibility index (Phi) is 8.09. The Morgan fingerprint density at radius 1 is 1.08 bits per heavy atom. The van der Waals surface area contributed by atoms with Crippen LogP contribution in [0.3, 0.4) is 0 Å². The number of ether oxygens (including phenoxy) is 1. The number of nitrogens with zero attached hydrogens (tertiary/aromatic N) is 4. The molecule has 2 rings (SSSR count). The largest absolute Gasteiger partial charge is 0.465 e. The van der Waals surface area contributed by atoms with E-state index in [0.29, 0.717) is 12.4 Å². The first-order valence-corrected chi connectivity index (χ1v) is 9.25. The molecule has 6 nitrogen and oxygen atoms in total. The molecule has 25 heavy (non-hydrogen) atoms. The normalized spacial score (nSPS) is 12.1. The molecule has 1 atom stereocenters. The molecule has 2 aromatic rings. The number of hydrogen-bond acceptors (Lipinski definition) is 5. The van der Waals surface area contributed by atoms with Gasteiger partial charge in [0.25, 0.3) is 0 Å². The van der Waals surface area contributed by atoms with E-state index in [1.807, 2.05) is 30.3 Å². The van der Waals surface area contributed by atoms with Crippen LogP contribution in [-0.4, -0.2) is 32.8 Å². The molecule has 0 spiro atoms. The Balaban J connectivity index is 1.99. The van der Waals surface area contributed by atoms with Crippen LogP contribution < -0.4 is 0 Å². The van der Waals surface area contributed by atoms with Crippen LogP contribution in [0.25, 0.3) is 0 Å². The third-order valence-corrected chi connectivity index (χ3v) is 4.09. The third kappa shape index (κ3) is 5.96. The molecule has 0 saturated heterocycles. The first-order valence-electron chi connectivity index (χ1n) is 9.25. The van der Waals surface area contributed by atoms with Gasteiger partial charge in [-0.3, -0.25) is 4.79 Å². The van der Waals surface area contributed by atoms with Crippen LogP contribution in [0.2, 0.25) is 0 Å². The summed E-state index contributed by atoms with van der Waals surface area (Å²) in [5.41, 5.74) is 0.820. The highest BCUT2D eigenvalue weighted by Gasteiger charge is 2.28. The van der Waals surface area contributed by atoms with E-state index in [9.17, 15) is 4.79 Å². The maximum Gasteiger partial charge on any atom is 0.321 e. The molecule has 1 unspecified atom stereocenters. The fourth-order valence-electron chi connectivity index (χ4n) is 2.76. The van der Waals surface area contributed by atoms with Gasteiger partial charge in [-0.2, -0.15) is 4.80 Å². The van der Waals surface area contributed by atoms with Crippen molar-refractivity contribution in [3.63, 3.8) is 0 Å². The molecule has 0 saturated carbocycles. The third-order valence-electron chi connectivity index (χ3n) is 4.09. The summed E-state index contributed by atoms with van der Waals surface area (Å²) in [4.78, 5) is 14.0. The predicted molar refractivity (Wildman–Crippen MR) is 96.1 cm³/mol. The van der Waals surface area contributed by atoms with Crippen LogP contribution >= 0.6 is 0 Å². The standard InChI is InChI=1S/C19H28N4O2/c1-3-5-6-7-8-12-15-23-21-18(20-22-23)17(19(24)25-4-2)16-13-10-9-11-14-16/h9-11,13-14,17H,3-8,12,15H2,1-2H3. The van der Waals surface area contributed by atoms with Gasteiger partial charge in [-0.05, 0) is 24.1 Å². The van der Waals surface area contributed by atoms with Gasteiger partial charge in [-0.15, -0.1) is 10.2 Å². The second-order valence-electron chi connectivity index (χ2n) is 6.11. The molecule has 1 aromatic carbocycles. The van der Waals surface area contributed by atoms with E-state index >= 15 is 0 Å². The molecule has 0 fully saturated rings. The van der Waals surface area contributed by atoms with Gasteiger partial charge in [0, 0.05) is 0 Å². The number of rotatable bonds is 11. The Morgan fingerprint density at radius 2 is 1.80 bits per heavy atom. The minimum Gasteiger partial charge on any atom is -0.465 e. The SMILES string of the molecule is CCCCCCCCn1nnc(C(C(=O)OCC)c2ccccc2)n1. The van der Waals surface area contributed by atoms with Crippen molar-refractivity contribution < 1.29 is 9.53 Å². The zero-order chi connectivity index (χ0) is 17.9. The second kappa shape index (κ2) is 10.6. The van der Waals surface area contributed by atoms with E-state index in [-0.39, 0.29) is 5.97 Å². The Morgan fingerprint density at radius 3 is 2.52 bits per heavy atom. The number of aromatic nitrogens is 4. The van der Waals surface area contributed by atoms with E-state index in [4.69, 9.17) is 4.74 Å². The topological polar surface area (TPSA) is 69.9 Å². The molecule has 0 aliphatic heterocycles. The quantitative estimate of drug-likeness (QED) is 0.459. The van der Waals surface area contributed by atoms with Crippen LogP contribution in [0, 0.1) is 0 Å². The van der Waals surface area contributed by atoms with E-state index in [2.05, 4.69) is 22.3 Å². The average Bonchev–Trinajstić information content (AvgIpc) is 3.08. The number of tetrazole rings is 1. The molecule has 0 amide bonds. The lowest BCUT2D eigenvalue weighted by Crippen LogP contribution is -2.19. The Labute approximate surface area is 149 Å². The molecular weight excluding hydrogens is 316 g/mol. The molecule has 1 heterocycles. The van der Waals surface area contributed by atoms with Crippen LogP contribution in [-0.2, 0) is 16.1 Å². The summed E-state index contributed by atoms with van der Waals surface area (Å²) in [6, 6.07) is 9.46. The monoisotopic (exact) mass is 344 g/mol. The van der Waals surface area contributed by atoms with Gasteiger partial charge < -0.3 is 4.74 Å². The summed E-state index contributed by atoms with van der Waals surface area (Å²) in [5, 5.41) is 12.6. The van der Waals surface area contributed by atoms with Gasteiger partial charge in [0.1, 0.15) is 5.92 Å². The maximum atomic E-state index is 12.4. The number of carbonyl (C=O) groups excluding carboxylic acids is 1. The molecule has 136 valence electrons. The number of carbonyl (C=O) groups is 1. The van der Waals surface area contributed by atoms with Crippen LogP contribution in [0.15, 0.2) is 30.3 Å². The maximum absolute atomic E-state index is 12.4. The Hall–Kier alpha value is -2.24. The summed E-state index contributed by atoms with van der Waals surface area (Å²) in [5.74, 6) is -0.567. The molecule has 0 aliphatic rings. The average molecular weight is 344 g/mol. The fourth-order valence-corrected chi connectivity index (χ4v) is 2.76. The van der Waals surface area contributed by atoms with Crippen LogP contribution in [0.1, 0.15) is 69.7 Å². The molecule has 0 radical (unpaired) electrons. The molecule has 1 aromatic heterocycles. The molecule has 0 N–H and O–H groups in total. The Bertz CT molecular complexity index is 627. The van der Waals surface area contributed by atoms with Gasteiger partial charge in [-0.25, -0.2) is 0 Å². The van der Waals surface area contributed by atoms with Gasteiger partial charge in [0.15, 0.2) is 5.82 Å². The summed E-state index contributed by atoms with van der Waals surface area (Å²) in [7, 11) is 0. The summed E-state index contributed by atoms with van der Waals surface area (Å²) < 4.78 is 5.20. The van der Waals surface area contributed by atoms with Crippen molar-refractivity contribution in [2.75, 3.05) is 6.61 Å². The van der Waals surface area contributed by atoms with Gasteiger partial charge >= 0.3 is 5.97 Å². The van der Waals surface area contributed by atoms with E-state index in [0.717, 1.165) is 24.9 Å². The van der Waals surface area contributed by atoms with E-state index in [1.54, 1.807) is 11.7 Å². The van der Waals surface area contributed by atoms with Gasteiger partial charge in [0.2, 0.25) is 0 Å². The van der Waals surface area contributed by atoms with Gasteiger partial charge in [0.05, 0.1) is 13.2 Å². The van der Waals surface area contributed by atoms with Crippen molar-refractivity contribution >= 4 is 5.97 Å². The van der Waals surface area contributed by atoms with Crippen molar-refractivity contribution in [1.82, 2.24) is 20.2 Å². The zero-order valence-electron chi connectivity index (χ0n) is 15.2. The minimum absolute atomic E-state index is 0.327. The molecular formula is C19H28N4O2. The number of hydrogen-bond donors (Lipinski definition) is 0. The number of unbranched alkanes of at least 4 members (excludes halogenated alkanes) is 5. The predicted octanol–water partition coefficient (Wildman–Crippen LogP) is 3.73. The number of esters is 1. The van der Waals surface area contributed by atoms with Crippen LogP contribution in [0.4, 0.5) is 0 Å². The van der Waals surface area contributed by atoms with Crippen LogP contribution in [0.5, 0.6) is 0 Å². The van der Waals surface area contributed by atoms with Crippen molar-refractivity contribution in [1.29, 1.82) is 0 Å². The van der Waals surface area contributed by atoms with Crippen molar-refractivity contribution in [3.05, 3.63) is 41.7 Å². The lowest BCUT2D eigenvalue weighted by Gasteiger charge is -2.12. The minimum atomic E-state index is -0.626. The zero-order valence-corrected chi connectivity index (χ0v) is 15.2. The summed E-state index contributed by atoms with van der Waals surface area (Å²) >= 11 is 0. The highest BCUT2D eigenvalue weighted by atomic mass is 16.5. The summed E-state index contributed by atoms with van der Waals surface area (Å²) in [6.45, 7) is 5.06. The highest BCUT2D eigenvalue weighted by Crippen LogP contribution is 2.22. The number of aryl methyl sites for hydroxylation is 1. The molecule has 0 aliphatic carbocycles. The second-order valence-corrected chi connectivity index (χ2v) is 6.11. The van der Waals surface area contributed by atoms with E-state index in [1.165, 1.54) is 25.7 Å². The lowest BCUT2D eigenvalue weighted by atomic mass is 9.99. The molecule has 6 heteroatoms. The first-order chi connectivity index (χ1) is 12.3.